The lowest BCUT2D eigenvalue weighted by Gasteiger charge is -2.25. The van der Waals surface area contributed by atoms with Crippen LogP contribution in [-0.4, -0.2) is 82.4 Å². The summed E-state index contributed by atoms with van der Waals surface area (Å²) in [4.78, 5) is 59.4. The number of carboxylic acids is 1. The van der Waals surface area contributed by atoms with Gasteiger partial charge in [0.05, 0.1) is 12.1 Å². The average Bonchev–Trinajstić information content (AvgIpc) is 2.71. The summed E-state index contributed by atoms with van der Waals surface area (Å²) in [6, 6.07) is -5.02. The minimum absolute atomic E-state index is 0.210. The fourth-order valence-corrected chi connectivity index (χ4v) is 2.83. The van der Waals surface area contributed by atoms with Crippen molar-refractivity contribution in [1.82, 2.24) is 16.0 Å². The van der Waals surface area contributed by atoms with E-state index in [1.165, 1.54) is 6.92 Å². The van der Waals surface area contributed by atoms with Crippen molar-refractivity contribution in [2.24, 2.45) is 17.2 Å². The van der Waals surface area contributed by atoms with E-state index in [9.17, 15) is 34.2 Å². The molecule has 5 unspecified atom stereocenters. The molecule has 0 rings (SSSR count). The van der Waals surface area contributed by atoms with E-state index in [4.69, 9.17) is 17.2 Å². The molecule has 32 heavy (non-hydrogen) atoms. The SMILES string of the molecule is CC(O)C(NC(=O)C(N)CCCCN)C(=O)NC(CS)C(=O)NC(CCC(N)=O)C(=O)O. The number of carboxylic acid groups (broad SMARTS) is 1. The number of aliphatic hydroxyl groups is 1. The Balaban J connectivity index is 5.08. The number of nitrogens with one attached hydrogen (secondary N) is 3. The first-order chi connectivity index (χ1) is 14.9. The molecule has 0 fully saturated rings. The van der Waals surface area contributed by atoms with Crippen LogP contribution in [0.5, 0.6) is 0 Å². The van der Waals surface area contributed by atoms with Crippen LogP contribution in [-0.2, 0) is 24.0 Å². The summed E-state index contributed by atoms with van der Waals surface area (Å²) in [5.41, 5.74) is 16.2. The van der Waals surface area contributed by atoms with Crippen molar-refractivity contribution in [3.8, 4) is 0 Å². The number of hydrogen-bond donors (Lipinski definition) is 9. The van der Waals surface area contributed by atoms with E-state index in [1.807, 2.05) is 0 Å². The van der Waals surface area contributed by atoms with Crippen LogP contribution >= 0.6 is 12.6 Å². The van der Waals surface area contributed by atoms with E-state index in [2.05, 4.69) is 28.6 Å². The van der Waals surface area contributed by atoms with Crippen LogP contribution in [0, 0.1) is 0 Å². The molecule has 11 N–H and O–H groups in total. The number of hydrogen-bond acceptors (Lipinski definition) is 9. The van der Waals surface area contributed by atoms with Gasteiger partial charge in [-0.05, 0) is 32.7 Å². The summed E-state index contributed by atoms with van der Waals surface area (Å²) in [6.07, 6.45) is -0.202. The topological polar surface area (TPSA) is 240 Å². The normalized spacial score (nSPS) is 15.5. The number of primary amides is 1. The smallest absolute Gasteiger partial charge is 0.326 e. The average molecular weight is 479 g/mol. The van der Waals surface area contributed by atoms with E-state index in [1.54, 1.807) is 0 Å². The number of amides is 4. The fourth-order valence-electron chi connectivity index (χ4n) is 2.58. The quantitative estimate of drug-likeness (QED) is 0.0790. The van der Waals surface area contributed by atoms with Gasteiger partial charge in [0.15, 0.2) is 0 Å². The Kier molecular flexibility index (Phi) is 14.2. The van der Waals surface area contributed by atoms with Crippen molar-refractivity contribution in [3.05, 3.63) is 0 Å². The maximum absolute atomic E-state index is 12.6. The highest BCUT2D eigenvalue weighted by atomic mass is 32.1. The largest absolute Gasteiger partial charge is 0.480 e. The number of nitrogens with two attached hydrogens (primary N) is 3. The summed E-state index contributed by atoms with van der Waals surface area (Å²) in [5, 5.41) is 26.0. The van der Waals surface area contributed by atoms with Crippen molar-refractivity contribution >= 4 is 42.2 Å². The molecule has 0 spiro atoms. The number of aliphatic carboxylic acids is 1. The summed E-state index contributed by atoms with van der Waals surface area (Å²) in [6.45, 7) is 1.72. The van der Waals surface area contributed by atoms with Gasteiger partial charge in [-0.25, -0.2) is 4.79 Å². The standard InChI is InChI=1S/C18H34N6O7S/c1-9(25)14(24-15(27)10(20)4-2-3-7-19)17(29)23-12(8-32)16(28)22-11(18(30)31)5-6-13(21)26/h9-12,14,25,32H,2-8,19-20H2,1H3,(H2,21,26)(H,22,28)(H,23,29)(H,24,27)(H,30,31). The van der Waals surface area contributed by atoms with Gasteiger partial charge in [-0.15, -0.1) is 0 Å². The molecule has 0 aliphatic rings. The van der Waals surface area contributed by atoms with Gasteiger partial charge in [-0.3, -0.25) is 19.2 Å². The van der Waals surface area contributed by atoms with Gasteiger partial charge in [0.2, 0.25) is 23.6 Å². The molecule has 0 radical (unpaired) electrons. The highest BCUT2D eigenvalue weighted by molar-refractivity contribution is 7.80. The number of unbranched alkanes of at least 4 members (excludes halogenated alkanes) is 1. The zero-order valence-electron chi connectivity index (χ0n) is 18.0. The maximum atomic E-state index is 12.6. The predicted octanol–water partition coefficient (Wildman–Crippen LogP) is -3.44. The zero-order chi connectivity index (χ0) is 24.8. The lowest BCUT2D eigenvalue weighted by molar-refractivity contribution is -0.142. The lowest BCUT2D eigenvalue weighted by Crippen LogP contribution is -2.60. The molecular weight excluding hydrogens is 444 g/mol. The van der Waals surface area contributed by atoms with Crippen LogP contribution in [0.2, 0.25) is 0 Å². The molecule has 0 saturated carbocycles. The van der Waals surface area contributed by atoms with Crippen LogP contribution in [0.4, 0.5) is 0 Å². The fraction of sp³-hybridized carbons (Fsp3) is 0.722. The molecule has 13 nitrogen and oxygen atoms in total. The lowest BCUT2D eigenvalue weighted by atomic mass is 10.1. The van der Waals surface area contributed by atoms with Crippen LogP contribution in [0.15, 0.2) is 0 Å². The van der Waals surface area contributed by atoms with Gasteiger partial charge >= 0.3 is 5.97 Å². The van der Waals surface area contributed by atoms with Crippen molar-refractivity contribution in [1.29, 1.82) is 0 Å². The Bertz CT molecular complexity index is 664. The van der Waals surface area contributed by atoms with Crippen LogP contribution in [0.1, 0.15) is 39.0 Å². The number of carbonyl (C=O) groups is 5. The van der Waals surface area contributed by atoms with Crippen LogP contribution < -0.4 is 33.2 Å². The molecule has 0 bridgehead atoms. The molecule has 0 aromatic rings. The minimum atomic E-state index is -1.41. The third-order valence-electron chi connectivity index (χ3n) is 4.48. The van der Waals surface area contributed by atoms with E-state index >= 15 is 0 Å². The second-order valence-electron chi connectivity index (χ2n) is 7.27. The van der Waals surface area contributed by atoms with Crippen molar-refractivity contribution in [3.63, 3.8) is 0 Å². The minimum Gasteiger partial charge on any atom is -0.480 e. The number of rotatable bonds is 16. The van der Waals surface area contributed by atoms with Gasteiger partial charge in [0.1, 0.15) is 18.1 Å². The maximum Gasteiger partial charge on any atom is 0.326 e. The summed E-state index contributed by atoms with van der Waals surface area (Å²) in [5.74, 6) is -4.76. The van der Waals surface area contributed by atoms with E-state index < -0.39 is 59.9 Å². The molecule has 0 heterocycles. The first-order valence-electron chi connectivity index (χ1n) is 10.1. The third kappa shape index (κ3) is 11.3. The van der Waals surface area contributed by atoms with E-state index in [-0.39, 0.29) is 18.6 Å². The second-order valence-corrected chi connectivity index (χ2v) is 7.63. The van der Waals surface area contributed by atoms with Crippen LogP contribution in [0.3, 0.4) is 0 Å². The predicted molar refractivity (Wildman–Crippen MR) is 118 cm³/mol. The monoisotopic (exact) mass is 478 g/mol. The van der Waals surface area contributed by atoms with Crippen molar-refractivity contribution < 1.29 is 34.2 Å². The Labute approximate surface area is 191 Å². The summed E-state index contributed by atoms with van der Waals surface area (Å²) in [7, 11) is 0. The van der Waals surface area contributed by atoms with Gasteiger partial charge in [0.25, 0.3) is 0 Å². The molecule has 4 amide bonds. The van der Waals surface area contributed by atoms with Gasteiger partial charge in [-0.1, -0.05) is 6.42 Å². The zero-order valence-corrected chi connectivity index (χ0v) is 18.8. The van der Waals surface area contributed by atoms with Crippen molar-refractivity contribution in [2.45, 2.75) is 69.3 Å². The highest BCUT2D eigenvalue weighted by Crippen LogP contribution is 2.03. The molecular formula is C18H34N6O7S. The molecule has 5 atom stereocenters. The number of aliphatic hydroxyl groups excluding tert-OH is 1. The third-order valence-corrected chi connectivity index (χ3v) is 4.84. The van der Waals surface area contributed by atoms with Gasteiger partial charge in [0, 0.05) is 12.2 Å². The number of carbonyl (C=O) groups excluding carboxylic acids is 4. The molecule has 0 aliphatic carbocycles. The Morgan fingerprint density at radius 2 is 1.53 bits per heavy atom. The molecule has 184 valence electrons. The Hall–Kier alpha value is -2.42. The van der Waals surface area contributed by atoms with Crippen LogP contribution in [0.25, 0.3) is 0 Å². The molecule has 0 aromatic heterocycles. The van der Waals surface area contributed by atoms with Gasteiger partial charge in [-0.2, -0.15) is 12.6 Å². The van der Waals surface area contributed by atoms with E-state index in [0.717, 1.165) is 0 Å². The van der Waals surface area contributed by atoms with Crippen molar-refractivity contribution in [2.75, 3.05) is 12.3 Å². The number of thiol groups is 1. The Morgan fingerprint density at radius 1 is 0.938 bits per heavy atom. The molecule has 14 heteroatoms. The summed E-state index contributed by atoms with van der Waals surface area (Å²) >= 11 is 3.98. The molecule has 0 saturated heterocycles. The highest BCUT2D eigenvalue weighted by Gasteiger charge is 2.32. The van der Waals surface area contributed by atoms with Gasteiger partial charge < -0.3 is 43.4 Å². The van der Waals surface area contributed by atoms with E-state index in [0.29, 0.717) is 25.8 Å². The first-order valence-corrected chi connectivity index (χ1v) is 10.7. The summed E-state index contributed by atoms with van der Waals surface area (Å²) < 4.78 is 0. The second kappa shape index (κ2) is 15.4. The first kappa shape index (κ1) is 29.6. The molecule has 0 aromatic carbocycles. The Morgan fingerprint density at radius 3 is 2.00 bits per heavy atom. The molecule has 0 aliphatic heterocycles.